The van der Waals surface area contributed by atoms with Crippen molar-refractivity contribution in [2.45, 2.75) is 6.42 Å². The lowest BCUT2D eigenvalue weighted by atomic mass is 10.1. The molecule has 2 aromatic carbocycles. The molecule has 0 spiro atoms. The van der Waals surface area contributed by atoms with Crippen molar-refractivity contribution < 1.29 is 4.52 Å². The van der Waals surface area contributed by atoms with Gasteiger partial charge in [0.15, 0.2) is 5.76 Å². The number of hydrogen-bond acceptors (Lipinski definition) is 5. The number of rotatable bonds is 3. The Morgan fingerprint density at radius 1 is 0.875 bits per heavy atom. The van der Waals surface area contributed by atoms with Crippen LogP contribution in [0, 0.1) is 0 Å². The molecule has 2 heterocycles. The summed E-state index contributed by atoms with van der Waals surface area (Å²) in [4.78, 5) is 4.63. The summed E-state index contributed by atoms with van der Waals surface area (Å²) in [7, 11) is 0. The normalized spacial score (nSPS) is 11.0. The predicted octanol–water partition coefficient (Wildman–Crippen LogP) is 3.65. The van der Waals surface area contributed by atoms with E-state index in [1.165, 1.54) is 0 Å². The maximum atomic E-state index is 6.17. The standard InChI is InChI=1S/C19H16N4O/c20-18-14-8-4-5-9-15(14)22-16(19(18)21)10-13-11-17(24-23-13)12-6-2-1-3-7-12/h1-9,11H,10,21H2,(H2,20,22). The number of benzene rings is 2. The van der Waals surface area contributed by atoms with E-state index >= 15 is 0 Å². The first-order valence-electron chi connectivity index (χ1n) is 7.66. The zero-order chi connectivity index (χ0) is 16.5. The van der Waals surface area contributed by atoms with Crippen LogP contribution in [0.2, 0.25) is 0 Å². The molecule has 0 radical (unpaired) electrons. The van der Waals surface area contributed by atoms with Gasteiger partial charge in [-0.3, -0.25) is 4.98 Å². The first kappa shape index (κ1) is 14.3. The van der Waals surface area contributed by atoms with Gasteiger partial charge in [-0.05, 0) is 6.07 Å². The lowest BCUT2D eigenvalue weighted by Crippen LogP contribution is -2.04. The zero-order valence-corrected chi connectivity index (χ0v) is 12.9. The topological polar surface area (TPSA) is 91.0 Å². The Morgan fingerprint density at radius 2 is 1.62 bits per heavy atom. The lowest BCUT2D eigenvalue weighted by Gasteiger charge is -2.09. The second kappa shape index (κ2) is 5.70. The van der Waals surface area contributed by atoms with Crippen LogP contribution >= 0.6 is 0 Å². The van der Waals surface area contributed by atoms with Crippen molar-refractivity contribution in [3.8, 4) is 11.3 Å². The molecule has 0 unspecified atom stereocenters. The smallest absolute Gasteiger partial charge is 0.167 e. The molecule has 0 aliphatic rings. The minimum atomic E-state index is 0.469. The Morgan fingerprint density at radius 3 is 2.46 bits per heavy atom. The summed E-state index contributed by atoms with van der Waals surface area (Å²) in [6.07, 6.45) is 0.469. The van der Waals surface area contributed by atoms with Crippen LogP contribution in [0.25, 0.3) is 22.2 Å². The van der Waals surface area contributed by atoms with E-state index in [1.54, 1.807) is 0 Å². The lowest BCUT2D eigenvalue weighted by molar-refractivity contribution is 0.425. The van der Waals surface area contributed by atoms with Crippen LogP contribution < -0.4 is 11.5 Å². The van der Waals surface area contributed by atoms with E-state index in [0.29, 0.717) is 23.5 Å². The number of nitrogens with zero attached hydrogens (tertiary/aromatic N) is 2. The van der Waals surface area contributed by atoms with Gasteiger partial charge in [0, 0.05) is 23.4 Å². The van der Waals surface area contributed by atoms with Gasteiger partial charge in [0.05, 0.1) is 28.3 Å². The second-order valence-electron chi connectivity index (χ2n) is 5.63. The van der Waals surface area contributed by atoms with E-state index in [0.717, 1.165) is 27.9 Å². The quantitative estimate of drug-likeness (QED) is 0.602. The highest BCUT2D eigenvalue weighted by molar-refractivity contribution is 5.96. The van der Waals surface area contributed by atoms with Crippen molar-refractivity contribution in [3.63, 3.8) is 0 Å². The van der Waals surface area contributed by atoms with Crippen LogP contribution in [0.15, 0.2) is 65.2 Å². The van der Waals surface area contributed by atoms with E-state index in [9.17, 15) is 0 Å². The number of aromatic nitrogens is 2. The van der Waals surface area contributed by atoms with Crippen LogP contribution in [-0.2, 0) is 6.42 Å². The summed E-state index contributed by atoms with van der Waals surface area (Å²) in [6, 6.07) is 19.4. The number of pyridine rings is 1. The Labute approximate surface area is 138 Å². The molecule has 5 nitrogen and oxygen atoms in total. The fourth-order valence-corrected chi connectivity index (χ4v) is 2.74. The minimum absolute atomic E-state index is 0.469. The van der Waals surface area contributed by atoms with Gasteiger partial charge in [0.25, 0.3) is 0 Å². The molecule has 2 aromatic heterocycles. The Hall–Kier alpha value is -3.34. The second-order valence-corrected chi connectivity index (χ2v) is 5.63. The maximum absolute atomic E-state index is 6.17. The summed E-state index contributed by atoms with van der Waals surface area (Å²) in [5, 5.41) is 4.99. The predicted molar refractivity (Wildman–Crippen MR) is 95.3 cm³/mol. The molecule has 0 atom stereocenters. The van der Waals surface area contributed by atoms with E-state index in [1.807, 2.05) is 60.7 Å². The first-order chi connectivity index (χ1) is 11.7. The Kier molecular flexibility index (Phi) is 3.39. The van der Waals surface area contributed by atoms with Gasteiger partial charge in [0.2, 0.25) is 0 Å². The third-order valence-corrected chi connectivity index (χ3v) is 4.02. The number of anilines is 2. The van der Waals surface area contributed by atoms with E-state index in [4.69, 9.17) is 16.0 Å². The summed E-state index contributed by atoms with van der Waals surface area (Å²) in [5.41, 5.74) is 16.7. The first-order valence-corrected chi connectivity index (χ1v) is 7.66. The van der Waals surface area contributed by atoms with Crippen molar-refractivity contribution in [2.24, 2.45) is 0 Å². The van der Waals surface area contributed by atoms with Gasteiger partial charge < -0.3 is 16.0 Å². The Bertz CT molecular complexity index is 1010. The van der Waals surface area contributed by atoms with Gasteiger partial charge >= 0.3 is 0 Å². The molecule has 0 aliphatic heterocycles. The fourth-order valence-electron chi connectivity index (χ4n) is 2.74. The van der Waals surface area contributed by atoms with E-state index in [2.05, 4.69) is 10.1 Å². The highest BCUT2D eigenvalue weighted by atomic mass is 16.5. The SMILES string of the molecule is Nc1c(Cc2cc(-c3ccccc3)on2)nc2ccccc2c1N. The Balaban J connectivity index is 1.70. The molecule has 4 aromatic rings. The van der Waals surface area contributed by atoms with Crippen molar-refractivity contribution in [1.29, 1.82) is 0 Å². The minimum Gasteiger partial charge on any atom is -0.396 e. The molecule has 24 heavy (non-hydrogen) atoms. The zero-order valence-electron chi connectivity index (χ0n) is 12.9. The molecule has 0 saturated heterocycles. The highest BCUT2D eigenvalue weighted by Crippen LogP contribution is 2.29. The molecular weight excluding hydrogens is 300 g/mol. The number of fused-ring (bicyclic) bond motifs is 1. The summed E-state index contributed by atoms with van der Waals surface area (Å²) >= 11 is 0. The van der Waals surface area contributed by atoms with Gasteiger partial charge in [0.1, 0.15) is 0 Å². The van der Waals surface area contributed by atoms with Gasteiger partial charge in [-0.15, -0.1) is 0 Å². The fraction of sp³-hybridized carbons (Fsp3) is 0.0526. The van der Waals surface area contributed by atoms with Gasteiger partial charge in [-0.1, -0.05) is 53.7 Å². The highest BCUT2D eigenvalue weighted by Gasteiger charge is 2.13. The number of hydrogen-bond donors (Lipinski definition) is 2. The van der Waals surface area contributed by atoms with E-state index in [-0.39, 0.29) is 0 Å². The largest absolute Gasteiger partial charge is 0.396 e. The monoisotopic (exact) mass is 316 g/mol. The molecule has 0 amide bonds. The van der Waals surface area contributed by atoms with Crippen molar-refractivity contribution in [2.75, 3.05) is 11.5 Å². The number of nitrogens with two attached hydrogens (primary N) is 2. The summed E-state index contributed by atoms with van der Waals surface area (Å²) < 4.78 is 5.43. The number of para-hydroxylation sites is 1. The summed E-state index contributed by atoms with van der Waals surface area (Å²) in [6.45, 7) is 0. The van der Waals surface area contributed by atoms with Crippen LogP contribution in [0.5, 0.6) is 0 Å². The molecule has 0 aliphatic carbocycles. The molecular formula is C19H16N4O. The van der Waals surface area contributed by atoms with Crippen LogP contribution in [0.4, 0.5) is 11.4 Å². The van der Waals surface area contributed by atoms with E-state index < -0.39 is 0 Å². The molecule has 4 rings (SSSR count). The maximum Gasteiger partial charge on any atom is 0.167 e. The summed E-state index contributed by atoms with van der Waals surface area (Å²) in [5.74, 6) is 0.720. The molecule has 4 N–H and O–H groups in total. The van der Waals surface area contributed by atoms with Crippen molar-refractivity contribution in [3.05, 3.63) is 72.1 Å². The molecule has 118 valence electrons. The third-order valence-electron chi connectivity index (χ3n) is 4.02. The average Bonchev–Trinajstić information content (AvgIpc) is 3.09. The molecule has 5 heteroatoms. The van der Waals surface area contributed by atoms with Crippen LogP contribution in [0.3, 0.4) is 0 Å². The average molecular weight is 316 g/mol. The van der Waals surface area contributed by atoms with Gasteiger partial charge in [-0.2, -0.15) is 0 Å². The van der Waals surface area contributed by atoms with Crippen molar-refractivity contribution in [1.82, 2.24) is 10.1 Å². The van der Waals surface area contributed by atoms with Crippen LogP contribution in [-0.4, -0.2) is 10.1 Å². The third kappa shape index (κ3) is 2.46. The molecule has 0 saturated carbocycles. The van der Waals surface area contributed by atoms with Gasteiger partial charge in [-0.25, -0.2) is 0 Å². The van der Waals surface area contributed by atoms with Crippen LogP contribution in [0.1, 0.15) is 11.4 Å². The number of nitrogen functional groups attached to an aromatic ring is 2. The molecule has 0 bridgehead atoms. The van der Waals surface area contributed by atoms with Crippen molar-refractivity contribution >= 4 is 22.3 Å². The molecule has 0 fully saturated rings.